The molecule has 136 valence electrons. The Labute approximate surface area is 150 Å². The minimum atomic E-state index is -0.166. The van der Waals surface area contributed by atoms with Gasteiger partial charge in [0, 0.05) is 12.3 Å². The van der Waals surface area contributed by atoms with Gasteiger partial charge in [-0.05, 0) is 61.4 Å². The van der Waals surface area contributed by atoms with E-state index in [-0.39, 0.29) is 6.04 Å². The molecule has 2 atom stereocenters. The number of aliphatic imine (C=N–C) groups is 1. The molecule has 1 aromatic rings. The van der Waals surface area contributed by atoms with E-state index in [0.717, 1.165) is 53.8 Å². The first kappa shape index (κ1) is 19.3. The highest BCUT2D eigenvalue weighted by Crippen LogP contribution is 2.19. The second-order valence-corrected chi connectivity index (χ2v) is 6.67. The number of hydrogen-bond acceptors (Lipinski definition) is 5. The fourth-order valence-electron chi connectivity index (χ4n) is 2.82. The average Bonchev–Trinajstić information content (AvgIpc) is 2.64. The first-order valence-electron chi connectivity index (χ1n) is 9.08. The fourth-order valence-corrected chi connectivity index (χ4v) is 2.82. The van der Waals surface area contributed by atoms with Crippen LogP contribution in [0.4, 0.5) is 0 Å². The van der Waals surface area contributed by atoms with Crippen molar-refractivity contribution >= 4 is 17.7 Å². The van der Waals surface area contributed by atoms with Crippen molar-refractivity contribution in [1.82, 2.24) is 5.32 Å². The summed E-state index contributed by atoms with van der Waals surface area (Å²) in [5.74, 6) is 1.22. The van der Waals surface area contributed by atoms with Crippen LogP contribution < -0.4 is 10.1 Å². The molecule has 0 saturated heterocycles. The summed E-state index contributed by atoms with van der Waals surface area (Å²) in [5, 5.41) is 11.2. The number of aldehydes is 1. The van der Waals surface area contributed by atoms with E-state index in [0.29, 0.717) is 25.6 Å². The van der Waals surface area contributed by atoms with Gasteiger partial charge in [-0.1, -0.05) is 13.8 Å². The van der Waals surface area contributed by atoms with Crippen LogP contribution in [0, 0.1) is 18.3 Å². The lowest BCUT2D eigenvalue weighted by molar-refractivity contribution is -0.109. The molecule has 5 nitrogen and oxygen atoms in total. The van der Waals surface area contributed by atoms with E-state index in [1.165, 1.54) is 0 Å². The number of benzene rings is 1. The van der Waals surface area contributed by atoms with Crippen LogP contribution in [0.25, 0.3) is 0 Å². The number of hydrogen-bond donors (Lipinski definition) is 2. The standard InChI is InChI=1S/C20H29N3O2/c1-4-14(2)19(21)6-5-9-25-17-7-8-18(15(3)10-17)20-12-22-16(13-24)11-23-20/h7-8,10,13-14,16,21-22H,4-6,9,11-12H2,1-3H3/t14-,16-/m1/s1. The second-order valence-electron chi connectivity index (χ2n) is 6.67. The third kappa shape index (κ3) is 5.49. The number of nitrogens with one attached hydrogen (secondary N) is 2. The SMILES string of the molecule is CC[C@@H](C)C(=N)CCCOc1ccc(C2=NC[C@H](C=O)NC2)c(C)c1. The minimum absolute atomic E-state index is 0.166. The maximum atomic E-state index is 10.8. The fraction of sp³-hybridized carbons (Fsp3) is 0.550. The van der Waals surface area contributed by atoms with E-state index in [4.69, 9.17) is 10.1 Å². The van der Waals surface area contributed by atoms with Crippen molar-refractivity contribution in [3.63, 3.8) is 0 Å². The molecule has 25 heavy (non-hydrogen) atoms. The van der Waals surface area contributed by atoms with E-state index in [9.17, 15) is 4.79 Å². The summed E-state index contributed by atoms with van der Waals surface area (Å²) >= 11 is 0. The number of carbonyl (C=O) groups excluding carboxylic acids is 1. The highest BCUT2D eigenvalue weighted by molar-refractivity contribution is 6.04. The molecule has 0 unspecified atom stereocenters. The number of carbonyl (C=O) groups is 1. The molecule has 0 radical (unpaired) electrons. The largest absolute Gasteiger partial charge is 0.494 e. The minimum Gasteiger partial charge on any atom is -0.494 e. The van der Waals surface area contributed by atoms with Crippen LogP contribution in [-0.2, 0) is 4.79 Å². The van der Waals surface area contributed by atoms with Crippen molar-refractivity contribution in [1.29, 1.82) is 5.41 Å². The van der Waals surface area contributed by atoms with Crippen LogP contribution in [0.15, 0.2) is 23.2 Å². The molecule has 0 fully saturated rings. The lowest BCUT2D eigenvalue weighted by Crippen LogP contribution is -2.41. The first-order chi connectivity index (χ1) is 12.0. The third-order valence-corrected chi connectivity index (χ3v) is 4.75. The molecule has 2 N–H and O–H groups in total. The van der Waals surface area contributed by atoms with Gasteiger partial charge in [-0.15, -0.1) is 0 Å². The molecule has 0 amide bonds. The van der Waals surface area contributed by atoms with E-state index >= 15 is 0 Å². The Balaban J connectivity index is 1.86. The van der Waals surface area contributed by atoms with Gasteiger partial charge >= 0.3 is 0 Å². The molecular formula is C20H29N3O2. The lowest BCUT2D eigenvalue weighted by atomic mass is 9.99. The Morgan fingerprint density at radius 2 is 2.32 bits per heavy atom. The zero-order chi connectivity index (χ0) is 18.2. The zero-order valence-corrected chi connectivity index (χ0v) is 15.5. The molecule has 0 bridgehead atoms. The summed E-state index contributed by atoms with van der Waals surface area (Å²) < 4.78 is 5.83. The first-order valence-corrected chi connectivity index (χ1v) is 9.08. The van der Waals surface area contributed by atoms with Crippen molar-refractivity contribution in [2.24, 2.45) is 10.9 Å². The average molecular weight is 343 g/mol. The van der Waals surface area contributed by atoms with Gasteiger partial charge in [0.1, 0.15) is 12.0 Å². The topological polar surface area (TPSA) is 74.5 Å². The Bertz CT molecular complexity index is 640. The monoisotopic (exact) mass is 343 g/mol. The van der Waals surface area contributed by atoms with Crippen LogP contribution in [0.1, 0.15) is 44.2 Å². The summed E-state index contributed by atoms with van der Waals surface area (Å²) in [6.07, 6.45) is 3.60. The summed E-state index contributed by atoms with van der Waals surface area (Å²) in [4.78, 5) is 15.3. The molecule has 0 aromatic heterocycles. The maximum Gasteiger partial charge on any atom is 0.138 e. The summed E-state index contributed by atoms with van der Waals surface area (Å²) in [6, 6.07) is 5.87. The molecule has 5 heteroatoms. The van der Waals surface area contributed by atoms with E-state index in [1.54, 1.807) is 0 Å². The molecule has 0 spiro atoms. The van der Waals surface area contributed by atoms with E-state index < -0.39 is 0 Å². The van der Waals surface area contributed by atoms with Crippen LogP contribution >= 0.6 is 0 Å². The zero-order valence-electron chi connectivity index (χ0n) is 15.5. The molecule has 0 aliphatic carbocycles. The van der Waals surface area contributed by atoms with Gasteiger partial charge in [-0.2, -0.15) is 0 Å². The molecule has 1 aliphatic rings. The number of nitrogens with zero attached hydrogens (tertiary/aromatic N) is 1. The quantitative estimate of drug-likeness (QED) is 0.411. The summed E-state index contributed by atoms with van der Waals surface area (Å²) in [7, 11) is 0. The van der Waals surface area contributed by atoms with Crippen molar-refractivity contribution in [3.05, 3.63) is 29.3 Å². The van der Waals surface area contributed by atoms with Crippen molar-refractivity contribution in [3.8, 4) is 5.75 Å². The van der Waals surface area contributed by atoms with E-state index in [2.05, 4.69) is 31.1 Å². The molecule has 2 rings (SSSR count). The van der Waals surface area contributed by atoms with Crippen LogP contribution in [0.3, 0.4) is 0 Å². The smallest absolute Gasteiger partial charge is 0.138 e. The molecular weight excluding hydrogens is 314 g/mol. The van der Waals surface area contributed by atoms with Gasteiger partial charge in [-0.3, -0.25) is 4.99 Å². The predicted molar refractivity (Wildman–Crippen MR) is 102 cm³/mol. The van der Waals surface area contributed by atoms with Gasteiger partial charge in [0.2, 0.25) is 0 Å². The summed E-state index contributed by atoms with van der Waals surface area (Å²) in [5.41, 5.74) is 4.02. The van der Waals surface area contributed by atoms with Gasteiger partial charge < -0.3 is 20.3 Å². The highest BCUT2D eigenvalue weighted by atomic mass is 16.5. The Hall–Kier alpha value is -2.01. The predicted octanol–water partition coefficient (Wildman–Crippen LogP) is 3.18. The number of aryl methyl sites for hydroxylation is 1. The Morgan fingerprint density at radius 3 is 2.92 bits per heavy atom. The van der Waals surface area contributed by atoms with Crippen molar-refractivity contribution in [2.45, 2.75) is 46.1 Å². The number of ether oxygens (including phenoxy) is 1. The third-order valence-electron chi connectivity index (χ3n) is 4.75. The second kappa shape index (κ2) is 9.47. The van der Waals surface area contributed by atoms with Crippen molar-refractivity contribution in [2.75, 3.05) is 19.7 Å². The van der Waals surface area contributed by atoms with Gasteiger partial charge in [0.05, 0.1) is 24.9 Å². The van der Waals surface area contributed by atoms with Crippen LogP contribution in [0.5, 0.6) is 5.75 Å². The van der Waals surface area contributed by atoms with Crippen LogP contribution in [-0.4, -0.2) is 43.4 Å². The Morgan fingerprint density at radius 1 is 1.52 bits per heavy atom. The molecule has 1 aromatic carbocycles. The maximum absolute atomic E-state index is 10.8. The van der Waals surface area contributed by atoms with Crippen LogP contribution in [0.2, 0.25) is 0 Å². The highest BCUT2D eigenvalue weighted by Gasteiger charge is 2.16. The van der Waals surface area contributed by atoms with E-state index in [1.807, 2.05) is 18.2 Å². The molecule has 1 aliphatic heterocycles. The molecule has 1 heterocycles. The van der Waals surface area contributed by atoms with Crippen molar-refractivity contribution < 1.29 is 9.53 Å². The normalized spacial score (nSPS) is 18.4. The number of rotatable bonds is 9. The Kier molecular flexibility index (Phi) is 7.31. The van der Waals surface area contributed by atoms with Gasteiger partial charge in [-0.25, -0.2) is 0 Å². The van der Waals surface area contributed by atoms with Gasteiger partial charge in [0.15, 0.2) is 0 Å². The summed E-state index contributed by atoms with van der Waals surface area (Å²) in [6.45, 7) is 8.01. The lowest BCUT2D eigenvalue weighted by Gasteiger charge is -2.20. The molecule has 0 saturated carbocycles. The van der Waals surface area contributed by atoms with Gasteiger partial charge in [0.25, 0.3) is 0 Å².